The van der Waals surface area contributed by atoms with E-state index in [0.717, 1.165) is 34.1 Å². The highest BCUT2D eigenvalue weighted by atomic mass is 16.2. The maximum atomic E-state index is 12.6. The molecule has 3 rings (SSSR count). The summed E-state index contributed by atoms with van der Waals surface area (Å²) in [5.74, 6) is -0.209. The first kappa shape index (κ1) is 19.5. The van der Waals surface area contributed by atoms with E-state index in [2.05, 4.69) is 17.2 Å². The second kappa shape index (κ2) is 8.65. The molecule has 1 heterocycles. The molecule has 0 aliphatic carbocycles. The number of hydrogen-bond acceptors (Lipinski definition) is 3. The fourth-order valence-electron chi connectivity index (χ4n) is 3.45. The van der Waals surface area contributed by atoms with E-state index in [0.29, 0.717) is 12.2 Å². The third kappa shape index (κ3) is 4.19. The van der Waals surface area contributed by atoms with Crippen LogP contribution in [0.4, 0.5) is 11.4 Å². The monoisotopic (exact) mass is 375 g/mol. The Labute approximate surface area is 165 Å². The van der Waals surface area contributed by atoms with Crippen LogP contribution in [0.3, 0.4) is 0 Å². The standard InChI is InChI=1S/C23H25N3O2/c1-4-18-9-5-8-16(2)23(18)26(17(3)27)15-13-21(28)25-20-12-6-10-19-11-7-14-24-22(19)20/h5-12,14H,4,13,15H2,1-3H3,(H,25,28). The first-order valence-corrected chi connectivity index (χ1v) is 9.51. The van der Waals surface area contributed by atoms with Crippen LogP contribution in [0.1, 0.15) is 31.4 Å². The molecule has 0 unspecified atom stereocenters. The predicted molar refractivity (Wildman–Crippen MR) is 114 cm³/mol. The Kier molecular flexibility index (Phi) is 6.04. The summed E-state index contributed by atoms with van der Waals surface area (Å²) in [5, 5.41) is 3.91. The van der Waals surface area contributed by atoms with E-state index in [1.54, 1.807) is 18.0 Å². The smallest absolute Gasteiger partial charge is 0.226 e. The number of nitrogens with zero attached hydrogens (tertiary/aromatic N) is 2. The topological polar surface area (TPSA) is 62.3 Å². The Morgan fingerprint density at radius 1 is 1.07 bits per heavy atom. The molecule has 0 bridgehead atoms. The zero-order valence-electron chi connectivity index (χ0n) is 16.5. The molecule has 0 radical (unpaired) electrons. The second-order valence-electron chi connectivity index (χ2n) is 6.79. The molecule has 0 spiro atoms. The first-order valence-electron chi connectivity index (χ1n) is 9.51. The molecular weight excluding hydrogens is 350 g/mol. The van der Waals surface area contributed by atoms with Gasteiger partial charge in [-0.3, -0.25) is 14.6 Å². The number of aromatic nitrogens is 1. The number of amides is 2. The summed E-state index contributed by atoms with van der Waals surface area (Å²) < 4.78 is 0. The van der Waals surface area contributed by atoms with E-state index in [4.69, 9.17) is 0 Å². The van der Waals surface area contributed by atoms with Crippen LogP contribution in [0.5, 0.6) is 0 Å². The molecular formula is C23H25N3O2. The molecule has 3 aromatic rings. The van der Waals surface area contributed by atoms with E-state index >= 15 is 0 Å². The number of benzene rings is 2. The SMILES string of the molecule is CCc1cccc(C)c1N(CCC(=O)Nc1cccc2cccnc12)C(C)=O. The van der Waals surface area contributed by atoms with Gasteiger partial charge in [0.2, 0.25) is 11.8 Å². The molecule has 0 aliphatic rings. The van der Waals surface area contributed by atoms with Crippen molar-refractivity contribution in [2.75, 3.05) is 16.8 Å². The summed E-state index contributed by atoms with van der Waals surface area (Å²) in [4.78, 5) is 30.9. The number of fused-ring (bicyclic) bond motifs is 1. The lowest BCUT2D eigenvalue weighted by Gasteiger charge is -2.25. The van der Waals surface area contributed by atoms with Crippen LogP contribution in [0, 0.1) is 6.92 Å². The molecule has 1 N–H and O–H groups in total. The number of aryl methyl sites for hydroxylation is 2. The van der Waals surface area contributed by atoms with Gasteiger partial charge in [-0.25, -0.2) is 0 Å². The second-order valence-corrected chi connectivity index (χ2v) is 6.79. The van der Waals surface area contributed by atoms with Crippen LogP contribution < -0.4 is 10.2 Å². The van der Waals surface area contributed by atoms with Crippen molar-refractivity contribution in [3.63, 3.8) is 0 Å². The number of rotatable bonds is 6. The zero-order chi connectivity index (χ0) is 20.1. The number of nitrogens with one attached hydrogen (secondary N) is 1. The summed E-state index contributed by atoms with van der Waals surface area (Å²) in [6.07, 6.45) is 2.74. The largest absolute Gasteiger partial charge is 0.324 e. The highest BCUT2D eigenvalue weighted by molar-refractivity contribution is 6.01. The lowest BCUT2D eigenvalue weighted by Crippen LogP contribution is -2.33. The van der Waals surface area contributed by atoms with Gasteiger partial charge in [-0.1, -0.05) is 43.3 Å². The summed E-state index contributed by atoms with van der Waals surface area (Å²) in [6, 6.07) is 15.5. The Hall–Kier alpha value is -3.21. The number of pyridine rings is 1. The fraction of sp³-hybridized carbons (Fsp3) is 0.261. The zero-order valence-corrected chi connectivity index (χ0v) is 16.5. The molecule has 144 valence electrons. The van der Waals surface area contributed by atoms with Gasteiger partial charge < -0.3 is 10.2 Å². The van der Waals surface area contributed by atoms with Crippen LogP contribution in [-0.2, 0) is 16.0 Å². The molecule has 28 heavy (non-hydrogen) atoms. The number of carbonyl (C=O) groups excluding carboxylic acids is 2. The van der Waals surface area contributed by atoms with Crippen LogP contribution in [0.15, 0.2) is 54.7 Å². The quantitative estimate of drug-likeness (QED) is 0.691. The van der Waals surface area contributed by atoms with E-state index in [1.807, 2.05) is 55.5 Å². The maximum Gasteiger partial charge on any atom is 0.226 e. The van der Waals surface area contributed by atoms with Gasteiger partial charge in [0.1, 0.15) is 0 Å². The summed E-state index contributed by atoms with van der Waals surface area (Å²) in [6.45, 7) is 5.93. The molecule has 0 aliphatic heterocycles. The first-order chi connectivity index (χ1) is 13.5. The third-order valence-corrected chi connectivity index (χ3v) is 4.82. The number of anilines is 2. The molecule has 5 heteroatoms. The van der Waals surface area contributed by atoms with Crippen LogP contribution >= 0.6 is 0 Å². The van der Waals surface area contributed by atoms with E-state index in [-0.39, 0.29) is 18.2 Å². The van der Waals surface area contributed by atoms with E-state index in [9.17, 15) is 9.59 Å². The van der Waals surface area contributed by atoms with Crippen molar-refractivity contribution in [1.82, 2.24) is 4.98 Å². The van der Waals surface area contributed by atoms with Crippen molar-refractivity contribution in [3.05, 3.63) is 65.9 Å². The van der Waals surface area contributed by atoms with Crippen molar-refractivity contribution in [3.8, 4) is 0 Å². The van der Waals surface area contributed by atoms with Crippen molar-refractivity contribution < 1.29 is 9.59 Å². The number of para-hydroxylation sites is 2. The molecule has 2 aromatic carbocycles. The minimum atomic E-state index is -0.143. The van der Waals surface area contributed by atoms with Crippen molar-refractivity contribution in [2.45, 2.75) is 33.6 Å². The van der Waals surface area contributed by atoms with Crippen LogP contribution in [0.25, 0.3) is 10.9 Å². The molecule has 0 fully saturated rings. The van der Waals surface area contributed by atoms with Gasteiger partial charge in [0, 0.05) is 37.2 Å². The van der Waals surface area contributed by atoms with Crippen molar-refractivity contribution in [2.24, 2.45) is 0 Å². The molecule has 2 amide bonds. The highest BCUT2D eigenvalue weighted by Gasteiger charge is 2.18. The van der Waals surface area contributed by atoms with Gasteiger partial charge in [0.25, 0.3) is 0 Å². The van der Waals surface area contributed by atoms with Crippen molar-refractivity contribution in [1.29, 1.82) is 0 Å². The maximum absolute atomic E-state index is 12.6. The molecule has 1 aromatic heterocycles. The number of carbonyl (C=O) groups is 2. The van der Waals surface area contributed by atoms with Gasteiger partial charge in [-0.2, -0.15) is 0 Å². The Morgan fingerprint density at radius 2 is 1.82 bits per heavy atom. The van der Waals surface area contributed by atoms with E-state index in [1.165, 1.54) is 0 Å². The Balaban J connectivity index is 1.76. The van der Waals surface area contributed by atoms with Crippen LogP contribution in [-0.4, -0.2) is 23.3 Å². The predicted octanol–water partition coefficient (Wildman–Crippen LogP) is 4.49. The van der Waals surface area contributed by atoms with Gasteiger partial charge in [-0.05, 0) is 36.6 Å². The average Bonchev–Trinajstić information content (AvgIpc) is 2.69. The van der Waals surface area contributed by atoms with Gasteiger partial charge in [0.15, 0.2) is 0 Å². The molecule has 0 saturated heterocycles. The third-order valence-electron chi connectivity index (χ3n) is 4.82. The lowest BCUT2D eigenvalue weighted by molar-refractivity contribution is -0.117. The molecule has 0 atom stereocenters. The Bertz CT molecular complexity index is 1010. The molecule has 5 nitrogen and oxygen atoms in total. The molecule has 0 saturated carbocycles. The Morgan fingerprint density at radius 3 is 2.57 bits per heavy atom. The van der Waals surface area contributed by atoms with E-state index < -0.39 is 0 Å². The number of hydrogen-bond donors (Lipinski definition) is 1. The lowest BCUT2D eigenvalue weighted by atomic mass is 10.0. The average molecular weight is 375 g/mol. The normalized spacial score (nSPS) is 10.7. The minimum absolute atomic E-state index is 0.0661. The van der Waals surface area contributed by atoms with Gasteiger partial charge >= 0.3 is 0 Å². The van der Waals surface area contributed by atoms with Gasteiger partial charge in [0.05, 0.1) is 11.2 Å². The van der Waals surface area contributed by atoms with Crippen LogP contribution in [0.2, 0.25) is 0 Å². The van der Waals surface area contributed by atoms with Gasteiger partial charge in [-0.15, -0.1) is 0 Å². The highest BCUT2D eigenvalue weighted by Crippen LogP contribution is 2.26. The minimum Gasteiger partial charge on any atom is -0.324 e. The summed E-state index contributed by atoms with van der Waals surface area (Å²) in [5.41, 5.74) is 4.50. The fourth-order valence-corrected chi connectivity index (χ4v) is 3.45. The van der Waals surface area contributed by atoms with Crippen molar-refractivity contribution >= 4 is 34.1 Å². The summed E-state index contributed by atoms with van der Waals surface area (Å²) in [7, 11) is 0. The summed E-state index contributed by atoms with van der Waals surface area (Å²) >= 11 is 0.